The van der Waals surface area contributed by atoms with Gasteiger partial charge >= 0.3 is 0 Å². The fourth-order valence-corrected chi connectivity index (χ4v) is 2.58. The van der Waals surface area contributed by atoms with E-state index in [9.17, 15) is 4.79 Å². The Labute approximate surface area is 117 Å². The van der Waals surface area contributed by atoms with Crippen LogP contribution < -0.4 is 5.73 Å². The fourth-order valence-electron chi connectivity index (χ4n) is 2.58. The van der Waals surface area contributed by atoms with Crippen molar-refractivity contribution < 1.29 is 4.79 Å². The molecule has 0 bridgehead atoms. The number of hydrogen-bond donors (Lipinski definition) is 2. The summed E-state index contributed by atoms with van der Waals surface area (Å²) in [6.07, 6.45) is 0. The zero-order valence-electron chi connectivity index (χ0n) is 11.0. The van der Waals surface area contributed by atoms with Crippen LogP contribution in [-0.2, 0) is 13.1 Å². The molecule has 1 amide bonds. The highest BCUT2D eigenvalue weighted by molar-refractivity contribution is 6.00. The molecule has 0 atom stereocenters. The summed E-state index contributed by atoms with van der Waals surface area (Å²) >= 11 is 0. The summed E-state index contributed by atoms with van der Waals surface area (Å²) in [5.74, 6) is 0.0729. The summed E-state index contributed by atoms with van der Waals surface area (Å²) in [6.45, 7) is 1.22. The molecule has 0 saturated heterocycles. The molecule has 20 heavy (non-hydrogen) atoms. The van der Waals surface area contributed by atoms with Crippen molar-refractivity contribution in [1.29, 1.82) is 5.41 Å². The molecule has 0 unspecified atom stereocenters. The molecule has 4 nitrogen and oxygen atoms in total. The Bertz CT molecular complexity index is 694. The van der Waals surface area contributed by atoms with Gasteiger partial charge in [-0.05, 0) is 17.2 Å². The number of nitrogens with zero attached hydrogens (tertiary/aromatic N) is 1. The Morgan fingerprint density at radius 2 is 1.85 bits per heavy atom. The van der Waals surface area contributed by atoms with Gasteiger partial charge < -0.3 is 10.6 Å². The lowest BCUT2D eigenvalue weighted by atomic mass is 10.1. The van der Waals surface area contributed by atoms with Crippen LogP contribution in [0.25, 0.3) is 0 Å². The maximum atomic E-state index is 11.4. The second-order valence-electron chi connectivity index (χ2n) is 4.88. The van der Waals surface area contributed by atoms with Crippen LogP contribution in [0.2, 0.25) is 0 Å². The second kappa shape index (κ2) is 4.81. The van der Waals surface area contributed by atoms with Crippen LogP contribution in [0.4, 0.5) is 0 Å². The van der Waals surface area contributed by atoms with E-state index in [1.807, 2.05) is 41.3 Å². The van der Waals surface area contributed by atoms with E-state index < -0.39 is 5.91 Å². The molecule has 3 N–H and O–H groups in total. The van der Waals surface area contributed by atoms with E-state index in [0.29, 0.717) is 24.5 Å². The number of nitrogens with two attached hydrogens (primary N) is 1. The molecule has 0 radical (unpaired) electrons. The highest BCUT2D eigenvalue weighted by atomic mass is 16.1. The van der Waals surface area contributed by atoms with Crippen molar-refractivity contribution in [2.75, 3.05) is 0 Å². The summed E-state index contributed by atoms with van der Waals surface area (Å²) in [5, 5.41) is 8.22. The first-order chi connectivity index (χ1) is 9.66. The molecule has 1 heterocycles. The minimum Gasteiger partial charge on any atom is -0.366 e. The molecule has 4 heteroatoms. The molecule has 0 aliphatic carbocycles. The van der Waals surface area contributed by atoms with Gasteiger partial charge in [0.15, 0.2) is 0 Å². The molecule has 3 rings (SSSR count). The minimum absolute atomic E-state index is 0.427. The van der Waals surface area contributed by atoms with Gasteiger partial charge in [-0.25, -0.2) is 0 Å². The average molecular weight is 265 g/mol. The standard InChI is InChI=1S/C16H15N3O/c17-15-13-7-3-1-5-11(13)9-19(15)10-12-6-2-4-8-14(12)16(18)20/h1-8,17H,9-10H2,(H2,18,20). The molecule has 2 aromatic rings. The molecule has 1 aliphatic rings. The molecule has 2 aromatic carbocycles. The van der Waals surface area contributed by atoms with E-state index in [2.05, 4.69) is 0 Å². The van der Waals surface area contributed by atoms with Crippen LogP contribution in [-0.4, -0.2) is 16.6 Å². The zero-order chi connectivity index (χ0) is 14.1. The van der Waals surface area contributed by atoms with Crippen molar-refractivity contribution in [3.63, 3.8) is 0 Å². The summed E-state index contributed by atoms with van der Waals surface area (Å²) in [5.41, 5.74) is 8.89. The number of benzene rings is 2. The van der Waals surface area contributed by atoms with Gasteiger partial charge in [0.05, 0.1) is 0 Å². The van der Waals surface area contributed by atoms with E-state index in [4.69, 9.17) is 11.1 Å². The van der Waals surface area contributed by atoms with Crippen molar-refractivity contribution in [2.45, 2.75) is 13.1 Å². The monoisotopic (exact) mass is 265 g/mol. The lowest BCUT2D eigenvalue weighted by Gasteiger charge is -2.19. The number of amides is 1. The number of fused-ring (bicyclic) bond motifs is 1. The number of carbonyl (C=O) groups excluding carboxylic acids is 1. The maximum Gasteiger partial charge on any atom is 0.249 e. The van der Waals surface area contributed by atoms with Gasteiger partial charge in [-0.1, -0.05) is 42.5 Å². The van der Waals surface area contributed by atoms with Crippen LogP contribution in [0.5, 0.6) is 0 Å². The quantitative estimate of drug-likeness (QED) is 0.892. The van der Waals surface area contributed by atoms with E-state index in [-0.39, 0.29) is 0 Å². The van der Waals surface area contributed by atoms with Gasteiger partial charge in [-0.2, -0.15) is 0 Å². The second-order valence-corrected chi connectivity index (χ2v) is 4.88. The van der Waals surface area contributed by atoms with Crippen molar-refractivity contribution in [1.82, 2.24) is 4.90 Å². The number of carbonyl (C=O) groups is 1. The topological polar surface area (TPSA) is 70.2 Å². The van der Waals surface area contributed by atoms with Crippen molar-refractivity contribution in [2.24, 2.45) is 5.73 Å². The van der Waals surface area contributed by atoms with Crippen LogP contribution in [0, 0.1) is 5.41 Å². The first kappa shape index (κ1) is 12.4. The highest BCUT2D eigenvalue weighted by Crippen LogP contribution is 2.24. The zero-order valence-corrected chi connectivity index (χ0v) is 11.0. The van der Waals surface area contributed by atoms with Gasteiger partial charge in [0.25, 0.3) is 0 Å². The summed E-state index contributed by atoms with van der Waals surface area (Å²) < 4.78 is 0. The van der Waals surface area contributed by atoms with Crippen molar-refractivity contribution >= 4 is 11.7 Å². The Balaban J connectivity index is 1.88. The first-order valence-corrected chi connectivity index (χ1v) is 6.46. The van der Waals surface area contributed by atoms with E-state index >= 15 is 0 Å². The molecular formula is C16H15N3O. The highest BCUT2D eigenvalue weighted by Gasteiger charge is 2.24. The Morgan fingerprint density at radius 1 is 1.15 bits per heavy atom. The lowest BCUT2D eigenvalue weighted by Crippen LogP contribution is -2.25. The largest absolute Gasteiger partial charge is 0.366 e. The van der Waals surface area contributed by atoms with Crippen molar-refractivity contribution in [3.05, 3.63) is 70.8 Å². The van der Waals surface area contributed by atoms with E-state index in [1.165, 1.54) is 0 Å². The first-order valence-electron chi connectivity index (χ1n) is 6.46. The molecular weight excluding hydrogens is 250 g/mol. The SMILES string of the molecule is N=C1c2ccccc2CN1Cc1ccccc1C(N)=O. The third-order valence-electron chi connectivity index (χ3n) is 3.59. The van der Waals surface area contributed by atoms with Crippen molar-refractivity contribution in [3.8, 4) is 0 Å². The third kappa shape index (κ3) is 2.05. The van der Waals surface area contributed by atoms with Crippen LogP contribution in [0.1, 0.15) is 27.0 Å². The summed E-state index contributed by atoms with van der Waals surface area (Å²) in [4.78, 5) is 13.4. The summed E-state index contributed by atoms with van der Waals surface area (Å²) in [6, 6.07) is 15.2. The van der Waals surface area contributed by atoms with E-state index in [1.54, 1.807) is 12.1 Å². The number of rotatable bonds is 3. The summed E-state index contributed by atoms with van der Waals surface area (Å²) in [7, 11) is 0. The Kier molecular flexibility index (Phi) is 2.99. The predicted molar refractivity (Wildman–Crippen MR) is 77.5 cm³/mol. The van der Waals surface area contributed by atoms with Gasteiger partial charge in [0, 0.05) is 24.2 Å². The molecule has 0 saturated carbocycles. The molecule has 100 valence electrons. The fraction of sp³-hybridized carbons (Fsp3) is 0.125. The van der Waals surface area contributed by atoms with Gasteiger partial charge in [-0.3, -0.25) is 10.2 Å². The molecule has 1 aliphatic heterocycles. The van der Waals surface area contributed by atoms with Crippen LogP contribution in [0.15, 0.2) is 48.5 Å². The van der Waals surface area contributed by atoms with Crippen LogP contribution >= 0.6 is 0 Å². The van der Waals surface area contributed by atoms with E-state index in [0.717, 1.165) is 16.7 Å². The lowest BCUT2D eigenvalue weighted by molar-refractivity contribution is 0.0999. The maximum absolute atomic E-state index is 11.4. The molecule has 0 spiro atoms. The molecule has 0 aromatic heterocycles. The number of primary amides is 1. The van der Waals surface area contributed by atoms with Gasteiger partial charge in [0.2, 0.25) is 5.91 Å². The van der Waals surface area contributed by atoms with Gasteiger partial charge in [-0.15, -0.1) is 0 Å². The number of nitrogens with one attached hydrogen (secondary N) is 1. The average Bonchev–Trinajstić information content (AvgIpc) is 2.76. The molecule has 0 fully saturated rings. The Hall–Kier alpha value is -2.62. The number of hydrogen-bond acceptors (Lipinski definition) is 2. The predicted octanol–water partition coefficient (Wildman–Crippen LogP) is 2.13. The third-order valence-corrected chi connectivity index (χ3v) is 3.59. The Morgan fingerprint density at radius 3 is 2.60 bits per heavy atom. The minimum atomic E-state index is -0.427. The van der Waals surface area contributed by atoms with Crippen LogP contribution in [0.3, 0.4) is 0 Å². The smallest absolute Gasteiger partial charge is 0.249 e. The number of amidine groups is 1. The normalized spacial score (nSPS) is 13.4. The van der Waals surface area contributed by atoms with Gasteiger partial charge in [0.1, 0.15) is 5.84 Å².